The maximum atomic E-state index is 12.3. The van der Waals surface area contributed by atoms with E-state index in [0.29, 0.717) is 27.7 Å². The van der Waals surface area contributed by atoms with Gasteiger partial charge >= 0.3 is 0 Å². The van der Waals surface area contributed by atoms with E-state index >= 15 is 0 Å². The van der Waals surface area contributed by atoms with Gasteiger partial charge in [-0.3, -0.25) is 10.1 Å². The van der Waals surface area contributed by atoms with Gasteiger partial charge in [-0.25, -0.2) is 4.98 Å². The highest BCUT2D eigenvalue weighted by Gasteiger charge is 2.15. The summed E-state index contributed by atoms with van der Waals surface area (Å²) in [6.07, 6.45) is 3.39. The number of rotatable bonds is 5. The molecule has 2 aromatic heterocycles. The number of hydrogen-bond acceptors (Lipinski definition) is 6. The van der Waals surface area contributed by atoms with Crippen molar-refractivity contribution >= 4 is 33.5 Å². The smallest absolute Gasteiger partial charge is 0.257 e. The van der Waals surface area contributed by atoms with Crippen molar-refractivity contribution in [3.05, 3.63) is 35.2 Å². The Morgan fingerprint density at radius 3 is 2.91 bits per heavy atom. The number of anilines is 1. The molecule has 6 nitrogen and oxygen atoms in total. The van der Waals surface area contributed by atoms with Crippen LogP contribution >= 0.6 is 11.3 Å². The predicted octanol–water partition coefficient (Wildman–Crippen LogP) is 3.84. The second-order valence-corrected chi connectivity index (χ2v) is 5.96. The minimum Gasteiger partial charge on any atom is -0.443 e. The summed E-state index contributed by atoms with van der Waals surface area (Å²) in [6, 6.07) is 5.12. The van der Waals surface area contributed by atoms with Crippen molar-refractivity contribution in [1.82, 2.24) is 15.2 Å². The van der Waals surface area contributed by atoms with E-state index in [2.05, 4.69) is 34.3 Å². The van der Waals surface area contributed by atoms with Gasteiger partial charge in [-0.15, -0.1) is 10.2 Å². The summed E-state index contributed by atoms with van der Waals surface area (Å²) in [5.74, 6) is 0.173. The zero-order chi connectivity index (χ0) is 15.5. The van der Waals surface area contributed by atoms with Crippen LogP contribution in [0.15, 0.2) is 29.0 Å². The molecule has 114 valence electrons. The first-order chi connectivity index (χ1) is 10.7. The fourth-order valence-electron chi connectivity index (χ4n) is 2.26. The largest absolute Gasteiger partial charge is 0.443 e. The van der Waals surface area contributed by atoms with Crippen molar-refractivity contribution in [2.24, 2.45) is 0 Å². The van der Waals surface area contributed by atoms with Gasteiger partial charge in [0.1, 0.15) is 10.5 Å². The van der Waals surface area contributed by atoms with Crippen molar-refractivity contribution in [3.8, 4) is 0 Å². The average Bonchev–Trinajstić information content (AvgIpc) is 3.17. The van der Waals surface area contributed by atoms with Crippen LogP contribution in [0, 0.1) is 0 Å². The second-order valence-electron chi connectivity index (χ2n) is 4.95. The van der Waals surface area contributed by atoms with Gasteiger partial charge in [0.05, 0.1) is 0 Å². The standard InChI is InChI=1S/C15H16N4O2S/c1-3-9(4-2)14-18-19-15(22-14)17-13(20)10-5-6-12-11(7-10)16-8-21-12/h5-9H,3-4H2,1-2H3,(H,17,19,20). The molecule has 0 aliphatic carbocycles. The molecule has 1 N–H and O–H groups in total. The lowest BCUT2D eigenvalue weighted by atomic mass is 10.1. The average molecular weight is 316 g/mol. The number of amides is 1. The van der Waals surface area contributed by atoms with Crippen molar-refractivity contribution < 1.29 is 9.21 Å². The third kappa shape index (κ3) is 2.85. The zero-order valence-corrected chi connectivity index (χ0v) is 13.2. The lowest BCUT2D eigenvalue weighted by Gasteiger charge is -2.05. The number of nitrogens with zero attached hydrogens (tertiary/aromatic N) is 3. The van der Waals surface area contributed by atoms with Crippen LogP contribution in [0.25, 0.3) is 11.1 Å². The van der Waals surface area contributed by atoms with E-state index in [9.17, 15) is 4.79 Å². The molecule has 0 spiro atoms. The lowest BCUT2D eigenvalue weighted by Crippen LogP contribution is -2.11. The minimum absolute atomic E-state index is 0.225. The first-order valence-electron chi connectivity index (χ1n) is 7.19. The fraction of sp³-hybridized carbons (Fsp3) is 0.333. The first kappa shape index (κ1) is 14.6. The summed E-state index contributed by atoms with van der Waals surface area (Å²) < 4.78 is 5.16. The number of nitrogens with one attached hydrogen (secondary N) is 1. The van der Waals surface area contributed by atoms with Gasteiger partial charge in [0.2, 0.25) is 5.13 Å². The molecule has 0 atom stereocenters. The van der Waals surface area contributed by atoms with E-state index in [1.807, 2.05) is 0 Å². The van der Waals surface area contributed by atoms with Crippen LogP contribution in [0.2, 0.25) is 0 Å². The third-order valence-corrected chi connectivity index (χ3v) is 4.59. The molecule has 3 aromatic rings. The molecule has 3 rings (SSSR count). The third-order valence-electron chi connectivity index (χ3n) is 3.59. The number of aromatic nitrogens is 3. The maximum Gasteiger partial charge on any atom is 0.257 e. The van der Waals surface area contributed by atoms with Crippen LogP contribution in [-0.4, -0.2) is 21.1 Å². The van der Waals surface area contributed by atoms with Crippen molar-refractivity contribution in [3.63, 3.8) is 0 Å². The SMILES string of the molecule is CCC(CC)c1nnc(NC(=O)c2ccc3ocnc3c2)s1. The van der Waals surface area contributed by atoms with Gasteiger partial charge in [0.15, 0.2) is 12.0 Å². The summed E-state index contributed by atoms with van der Waals surface area (Å²) in [5, 5.41) is 12.5. The molecule has 0 fully saturated rings. The number of fused-ring (bicyclic) bond motifs is 1. The summed E-state index contributed by atoms with van der Waals surface area (Å²) in [7, 11) is 0. The molecule has 0 saturated carbocycles. The highest BCUT2D eigenvalue weighted by Crippen LogP contribution is 2.28. The minimum atomic E-state index is -0.225. The molecular formula is C15H16N4O2S. The van der Waals surface area contributed by atoms with E-state index in [0.717, 1.165) is 17.8 Å². The van der Waals surface area contributed by atoms with Crippen LogP contribution < -0.4 is 5.32 Å². The number of carbonyl (C=O) groups is 1. The van der Waals surface area contributed by atoms with Crippen molar-refractivity contribution in [1.29, 1.82) is 0 Å². The Morgan fingerprint density at radius 1 is 1.32 bits per heavy atom. The van der Waals surface area contributed by atoms with E-state index < -0.39 is 0 Å². The molecule has 0 unspecified atom stereocenters. The van der Waals surface area contributed by atoms with Gasteiger partial charge in [0, 0.05) is 11.5 Å². The number of carbonyl (C=O) groups excluding carboxylic acids is 1. The second kappa shape index (κ2) is 6.23. The Bertz CT molecular complexity index is 792. The molecule has 22 heavy (non-hydrogen) atoms. The Labute approximate surface area is 131 Å². The number of benzene rings is 1. The van der Waals surface area contributed by atoms with Crippen LogP contribution in [0.4, 0.5) is 5.13 Å². The Kier molecular flexibility index (Phi) is 4.15. The van der Waals surface area contributed by atoms with Crippen LogP contribution in [0.5, 0.6) is 0 Å². The van der Waals surface area contributed by atoms with E-state index in [1.54, 1.807) is 18.2 Å². The van der Waals surface area contributed by atoms with Crippen LogP contribution in [0.3, 0.4) is 0 Å². The summed E-state index contributed by atoms with van der Waals surface area (Å²) in [4.78, 5) is 16.3. The zero-order valence-electron chi connectivity index (χ0n) is 12.4. The molecule has 2 heterocycles. The molecule has 1 aromatic carbocycles. The van der Waals surface area contributed by atoms with Gasteiger partial charge in [-0.2, -0.15) is 0 Å². The van der Waals surface area contributed by atoms with E-state index in [4.69, 9.17) is 4.42 Å². The van der Waals surface area contributed by atoms with Gasteiger partial charge in [-0.05, 0) is 31.0 Å². The summed E-state index contributed by atoms with van der Waals surface area (Å²) in [6.45, 7) is 4.25. The monoisotopic (exact) mass is 316 g/mol. The molecule has 0 aliphatic heterocycles. The van der Waals surface area contributed by atoms with Gasteiger partial charge < -0.3 is 4.42 Å². The van der Waals surface area contributed by atoms with Crippen molar-refractivity contribution in [2.75, 3.05) is 5.32 Å². The maximum absolute atomic E-state index is 12.3. The quantitative estimate of drug-likeness (QED) is 0.773. The normalized spacial score (nSPS) is 11.2. The molecular weight excluding hydrogens is 300 g/mol. The molecule has 0 saturated heterocycles. The first-order valence-corrected chi connectivity index (χ1v) is 8.01. The highest BCUT2D eigenvalue weighted by molar-refractivity contribution is 7.15. The molecule has 0 radical (unpaired) electrons. The Balaban J connectivity index is 1.76. The number of hydrogen-bond donors (Lipinski definition) is 1. The highest BCUT2D eigenvalue weighted by atomic mass is 32.1. The molecule has 0 aliphatic rings. The predicted molar refractivity (Wildman–Crippen MR) is 85.2 cm³/mol. The van der Waals surface area contributed by atoms with Crippen LogP contribution in [0.1, 0.15) is 48.0 Å². The summed E-state index contributed by atoms with van der Waals surface area (Å²) >= 11 is 1.43. The van der Waals surface area contributed by atoms with E-state index in [-0.39, 0.29) is 5.91 Å². The Hall–Kier alpha value is -2.28. The van der Waals surface area contributed by atoms with Crippen LogP contribution in [-0.2, 0) is 0 Å². The number of oxazole rings is 1. The molecule has 1 amide bonds. The fourth-order valence-corrected chi connectivity index (χ4v) is 3.26. The molecule has 7 heteroatoms. The van der Waals surface area contributed by atoms with Gasteiger partial charge in [-0.1, -0.05) is 25.2 Å². The van der Waals surface area contributed by atoms with Crippen molar-refractivity contribution in [2.45, 2.75) is 32.6 Å². The topological polar surface area (TPSA) is 80.9 Å². The molecule has 0 bridgehead atoms. The van der Waals surface area contributed by atoms with Gasteiger partial charge in [0.25, 0.3) is 5.91 Å². The Morgan fingerprint density at radius 2 is 2.14 bits per heavy atom. The lowest BCUT2D eigenvalue weighted by molar-refractivity contribution is 0.102. The summed E-state index contributed by atoms with van der Waals surface area (Å²) in [5.41, 5.74) is 1.83. The van der Waals surface area contributed by atoms with E-state index in [1.165, 1.54) is 17.7 Å².